The molecule has 0 aliphatic heterocycles. The fraction of sp³-hybridized carbons (Fsp3) is 0.0769. The van der Waals surface area contributed by atoms with Crippen LogP contribution >= 0.6 is 0 Å². The maximum absolute atomic E-state index is 10.9. The van der Waals surface area contributed by atoms with Crippen LogP contribution in [0.4, 0.5) is 0 Å². The second-order valence-corrected chi connectivity index (χ2v) is 4.06. The van der Waals surface area contributed by atoms with Crippen LogP contribution in [0.5, 0.6) is 0 Å². The first-order chi connectivity index (χ1) is 9.15. The summed E-state index contributed by atoms with van der Waals surface area (Å²) in [5.41, 5.74) is 1.95. The Kier molecular flexibility index (Phi) is 2.49. The van der Waals surface area contributed by atoms with Gasteiger partial charge in [0.1, 0.15) is 11.5 Å². The maximum Gasteiger partial charge on any atom is 0.356 e. The molecule has 0 bridgehead atoms. The number of pyridine rings is 1. The van der Waals surface area contributed by atoms with Crippen molar-refractivity contribution in [3.05, 3.63) is 48.2 Å². The lowest BCUT2D eigenvalue weighted by molar-refractivity contribution is 0.0691. The number of nitrogens with zero attached hydrogens (tertiary/aromatic N) is 4. The molecule has 0 radical (unpaired) electrons. The van der Waals surface area contributed by atoms with E-state index in [4.69, 9.17) is 5.11 Å². The van der Waals surface area contributed by atoms with Gasteiger partial charge in [0.05, 0.1) is 11.4 Å². The van der Waals surface area contributed by atoms with E-state index in [2.05, 4.69) is 15.0 Å². The lowest BCUT2D eigenvalue weighted by Crippen LogP contribution is -1.97. The van der Waals surface area contributed by atoms with Gasteiger partial charge in [-0.15, -0.1) is 0 Å². The van der Waals surface area contributed by atoms with Gasteiger partial charge < -0.3 is 5.11 Å². The lowest BCUT2D eigenvalue weighted by Gasteiger charge is -2.03. The molecule has 19 heavy (non-hydrogen) atoms. The molecule has 0 fully saturated rings. The fourth-order valence-electron chi connectivity index (χ4n) is 1.89. The molecular formula is C13H10N4O2. The summed E-state index contributed by atoms with van der Waals surface area (Å²) in [5.74, 6) is -0.388. The summed E-state index contributed by atoms with van der Waals surface area (Å²) in [6.07, 6.45) is 3.15. The summed E-state index contributed by atoms with van der Waals surface area (Å²) < 4.78 is 1.65. The third-order valence-electron chi connectivity index (χ3n) is 2.78. The maximum atomic E-state index is 10.9. The molecule has 6 nitrogen and oxygen atoms in total. The number of rotatable bonds is 2. The van der Waals surface area contributed by atoms with Crippen LogP contribution in [0.1, 0.15) is 16.3 Å². The Morgan fingerprint density at radius 1 is 1.26 bits per heavy atom. The number of carboxylic acid groups (broad SMARTS) is 1. The minimum atomic E-state index is -1.05. The number of hydrogen-bond donors (Lipinski definition) is 1. The quantitative estimate of drug-likeness (QED) is 0.754. The Labute approximate surface area is 108 Å². The zero-order valence-electron chi connectivity index (χ0n) is 10.1. The van der Waals surface area contributed by atoms with E-state index in [9.17, 15) is 4.79 Å². The Hall–Kier alpha value is -2.76. The van der Waals surface area contributed by atoms with Crippen LogP contribution in [-0.2, 0) is 0 Å². The number of carbonyl (C=O) groups is 1. The Bertz CT molecular complexity index is 765. The van der Waals surface area contributed by atoms with E-state index >= 15 is 0 Å². The first-order valence-corrected chi connectivity index (χ1v) is 5.66. The Morgan fingerprint density at radius 3 is 2.79 bits per heavy atom. The van der Waals surface area contributed by atoms with Gasteiger partial charge in [0, 0.05) is 18.5 Å². The molecule has 94 valence electrons. The number of aromatic nitrogens is 4. The number of fused-ring (bicyclic) bond motifs is 1. The molecule has 0 saturated carbocycles. The number of aryl methyl sites for hydroxylation is 1. The predicted molar refractivity (Wildman–Crippen MR) is 67.9 cm³/mol. The molecule has 0 aliphatic rings. The Balaban J connectivity index is 2.22. The van der Waals surface area contributed by atoms with Crippen molar-refractivity contribution in [1.82, 2.24) is 19.4 Å². The van der Waals surface area contributed by atoms with Crippen molar-refractivity contribution in [2.24, 2.45) is 0 Å². The highest BCUT2D eigenvalue weighted by Crippen LogP contribution is 2.17. The monoisotopic (exact) mass is 254 g/mol. The first-order valence-electron chi connectivity index (χ1n) is 5.66. The molecule has 0 amide bonds. The second kappa shape index (κ2) is 4.16. The molecule has 3 rings (SSSR count). The zero-order valence-corrected chi connectivity index (χ0v) is 10.1. The topological polar surface area (TPSA) is 80.4 Å². The molecule has 3 heterocycles. The SMILES string of the molecule is Cc1nc(-c2ccccn2)cc2nc(C(=O)O)cn12. The van der Waals surface area contributed by atoms with Crippen molar-refractivity contribution < 1.29 is 9.90 Å². The number of carboxylic acids is 1. The van der Waals surface area contributed by atoms with Gasteiger partial charge in [-0.1, -0.05) is 6.07 Å². The van der Waals surface area contributed by atoms with Gasteiger partial charge in [0.2, 0.25) is 0 Å². The van der Waals surface area contributed by atoms with Crippen LogP contribution in [0, 0.1) is 6.92 Å². The lowest BCUT2D eigenvalue weighted by atomic mass is 10.2. The highest BCUT2D eigenvalue weighted by molar-refractivity contribution is 5.86. The van der Waals surface area contributed by atoms with Gasteiger partial charge in [0.25, 0.3) is 0 Å². The molecule has 0 aliphatic carbocycles. The van der Waals surface area contributed by atoms with Crippen LogP contribution in [-0.4, -0.2) is 30.4 Å². The third-order valence-corrected chi connectivity index (χ3v) is 2.78. The van der Waals surface area contributed by atoms with E-state index in [1.165, 1.54) is 6.20 Å². The third kappa shape index (κ3) is 1.93. The van der Waals surface area contributed by atoms with Gasteiger partial charge >= 0.3 is 5.97 Å². The van der Waals surface area contributed by atoms with Crippen molar-refractivity contribution in [2.75, 3.05) is 0 Å². The number of hydrogen-bond acceptors (Lipinski definition) is 4. The molecule has 6 heteroatoms. The Morgan fingerprint density at radius 2 is 2.11 bits per heavy atom. The predicted octanol–water partition coefficient (Wildman–Crippen LogP) is 1.80. The summed E-state index contributed by atoms with van der Waals surface area (Å²) in [5, 5.41) is 8.95. The van der Waals surface area contributed by atoms with E-state index in [-0.39, 0.29) is 5.69 Å². The summed E-state index contributed by atoms with van der Waals surface area (Å²) in [4.78, 5) is 23.6. The summed E-state index contributed by atoms with van der Waals surface area (Å²) in [6.45, 7) is 1.80. The molecule has 0 spiro atoms. The van der Waals surface area contributed by atoms with Crippen molar-refractivity contribution in [2.45, 2.75) is 6.92 Å². The molecule has 3 aromatic heterocycles. The molecule has 0 saturated heterocycles. The van der Waals surface area contributed by atoms with Gasteiger partial charge in [-0.05, 0) is 19.1 Å². The number of imidazole rings is 1. The molecule has 1 N–H and O–H groups in total. The summed E-state index contributed by atoms with van der Waals surface area (Å²) in [6, 6.07) is 7.27. The van der Waals surface area contributed by atoms with Crippen molar-refractivity contribution in [3.63, 3.8) is 0 Å². The molecule has 0 atom stereocenters. The van der Waals surface area contributed by atoms with Crippen molar-refractivity contribution in [1.29, 1.82) is 0 Å². The van der Waals surface area contributed by atoms with Gasteiger partial charge in [-0.2, -0.15) is 0 Å². The molecule has 3 aromatic rings. The highest BCUT2D eigenvalue weighted by atomic mass is 16.4. The van der Waals surface area contributed by atoms with Crippen LogP contribution in [0.2, 0.25) is 0 Å². The standard InChI is InChI=1S/C13H10N4O2/c1-8-15-10(9-4-2-3-5-14-9)6-12-16-11(13(18)19)7-17(8)12/h2-7H,1H3,(H,18,19). The molecule has 0 aromatic carbocycles. The van der Waals surface area contributed by atoms with Gasteiger partial charge in [-0.3, -0.25) is 9.38 Å². The van der Waals surface area contributed by atoms with E-state index in [1.54, 1.807) is 23.6 Å². The van der Waals surface area contributed by atoms with Crippen LogP contribution in [0.3, 0.4) is 0 Å². The smallest absolute Gasteiger partial charge is 0.356 e. The molecule has 0 unspecified atom stereocenters. The zero-order chi connectivity index (χ0) is 13.4. The van der Waals surface area contributed by atoms with Crippen LogP contribution < -0.4 is 0 Å². The summed E-state index contributed by atoms with van der Waals surface area (Å²) >= 11 is 0. The average molecular weight is 254 g/mol. The van der Waals surface area contributed by atoms with E-state index in [1.807, 2.05) is 18.2 Å². The van der Waals surface area contributed by atoms with E-state index < -0.39 is 5.97 Å². The normalized spacial score (nSPS) is 10.8. The van der Waals surface area contributed by atoms with E-state index in [0.717, 1.165) is 5.69 Å². The fourth-order valence-corrected chi connectivity index (χ4v) is 1.89. The summed E-state index contributed by atoms with van der Waals surface area (Å²) in [7, 11) is 0. The number of aromatic carboxylic acids is 1. The van der Waals surface area contributed by atoms with Gasteiger partial charge in [-0.25, -0.2) is 14.8 Å². The van der Waals surface area contributed by atoms with Crippen molar-refractivity contribution in [3.8, 4) is 11.4 Å². The van der Waals surface area contributed by atoms with Crippen molar-refractivity contribution >= 4 is 11.6 Å². The first kappa shape index (κ1) is 11.3. The van der Waals surface area contributed by atoms with Crippen LogP contribution in [0.25, 0.3) is 17.0 Å². The second-order valence-electron chi connectivity index (χ2n) is 4.06. The van der Waals surface area contributed by atoms with Crippen LogP contribution in [0.15, 0.2) is 36.7 Å². The largest absolute Gasteiger partial charge is 0.476 e. The minimum Gasteiger partial charge on any atom is -0.476 e. The van der Waals surface area contributed by atoms with Gasteiger partial charge in [0.15, 0.2) is 5.69 Å². The van der Waals surface area contributed by atoms with E-state index in [0.29, 0.717) is 17.2 Å². The average Bonchev–Trinajstić information content (AvgIpc) is 2.84. The minimum absolute atomic E-state index is 0.00284. The molecular weight excluding hydrogens is 244 g/mol. The highest BCUT2D eigenvalue weighted by Gasteiger charge is 2.12.